The van der Waals surface area contributed by atoms with Crippen molar-refractivity contribution >= 4 is 22.8 Å². The molecule has 39 heavy (non-hydrogen) atoms. The fourth-order valence-electron chi connectivity index (χ4n) is 4.41. The molecule has 0 aliphatic rings. The molecule has 1 amide bonds. The molecule has 0 fully saturated rings. The van der Waals surface area contributed by atoms with Crippen LogP contribution < -0.4 is 10.1 Å². The normalized spacial score (nSPS) is 11.7. The van der Waals surface area contributed by atoms with E-state index in [0.717, 1.165) is 27.7 Å². The number of ether oxygens (including phenoxy) is 1. The van der Waals surface area contributed by atoms with Crippen LogP contribution in [0.15, 0.2) is 97.3 Å². The lowest BCUT2D eigenvalue weighted by Crippen LogP contribution is -2.42. The van der Waals surface area contributed by atoms with Gasteiger partial charge in [0.15, 0.2) is 0 Å². The molecule has 3 aromatic carbocycles. The highest BCUT2D eigenvalue weighted by atomic mass is 16.5. The fraction of sp³-hybridized carbons (Fsp3) is 0.129. The number of aromatic hydroxyl groups is 1. The summed E-state index contributed by atoms with van der Waals surface area (Å²) in [6, 6.07) is 24.7. The van der Waals surface area contributed by atoms with Gasteiger partial charge in [0, 0.05) is 29.1 Å². The minimum atomic E-state index is -1.11. The zero-order chi connectivity index (χ0) is 27.2. The van der Waals surface area contributed by atoms with Crippen LogP contribution in [-0.4, -0.2) is 44.7 Å². The number of pyridine rings is 1. The lowest BCUT2D eigenvalue weighted by Gasteiger charge is -2.15. The number of amides is 1. The summed E-state index contributed by atoms with van der Waals surface area (Å²) < 4.78 is 5.56. The van der Waals surface area contributed by atoms with Gasteiger partial charge in [-0.15, -0.1) is 0 Å². The number of carbonyl (C=O) groups is 2. The van der Waals surface area contributed by atoms with E-state index in [1.807, 2.05) is 60.7 Å². The maximum absolute atomic E-state index is 12.6. The van der Waals surface area contributed by atoms with E-state index in [9.17, 15) is 19.8 Å². The van der Waals surface area contributed by atoms with Crippen molar-refractivity contribution in [2.24, 2.45) is 0 Å². The predicted octanol–water partition coefficient (Wildman–Crippen LogP) is 5.18. The lowest BCUT2D eigenvalue weighted by molar-refractivity contribution is -0.142. The van der Waals surface area contributed by atoms with Crippen molar-refractivity contribution in [3.8, 4) is 33.9 Å². The van der Waals surface area contributed by atoms with E-state index in [0.29, 0.717) is 16.9 Å². The number of fused-ring (bicyclic) bond motifs is 1. The van der Waals surface area contributed by atoms with Gasteiger partial charge in [-0.1, -0.05) is 54.6 Å². The van der Waals surface area contributed by atoms with Crippen LogP contribution in [0.3, 0.4) is 0 Å². The summed E-state index contributed by atoms with van der Waals surface area (Å²) in [5.41, 5.74) is 4.51. The quantitative estimate of drug-likeness (QED) is 0.201. The number of carbonyl (C=O) groups excluding carboxylic acids is 1. The molecule has 1 unspecified atom stereocenters. The highest BCUT2D eigenvalue weighted by Gasteiger charge is 2.20. The molecule has 1 atom stereocenters. The number of rotatable bonds is 10. The van der Waals surface area contributed by atoms with Crippen LogP contribution in [0.2, 0.25) is 0 Å². The Hall–Kier alpha value is -5.11. The number of hydrogen-bond donors (Lipinski definition) is 4. The van der Waals surface area contributed by atoms with E-state index >= 15 is 0 Å². The van der Waals surface area contributed by atoms with Crippen LogP contribution in [0.1, 0.15) is 12.0 Å². The number of phenols is 1. The van der Waals surface area contributed by atoms with E-state index < -0.39 is 17.9 Å². The summed E-state index contributed by atoms with van der Waals surface area (Å²) in [6.07, 6.45) is 3.63. The maximum Gasteiger partial charge on any atom is 0.326 e. The number of carboxylic acids is 1. The SMILES string of the molecule is O=C(Cc1ccc(-c2cccc(-c3cc4ccncc4[nH]3)c2O)cc1)NC(CCOc1ccccc1)C(=O)O. The summed E-state index contributed by atoms with van der Waals surface area (Å²) in [5.74, 6) is -0.724. The molecule has 0 saturated heterocycles. The maximum atomic E-state index is 12.6. The van der Waals surface area contributed by atoms with Crippen molar-refractivity contribution in [2.75, 3.05) is 6.61 Å². The first-order valence-corrected chi connectivity index (χ1v) is 12.5. The number of phenolic OH excluding ortho intramolecular Hbond substituents is 1. The molecule has 5 aromatic rings. The van der Waals surface area contributed by atoms with Gasteiger partial charge in [-0.25, -0.2) is 4.79 Å². The van der Waals surface area contributed by atoms with Crippen molar-refractivity contribution in [1.29, 1.82) is 0 Å². The molecule has 2 aromatic heterocycles. The molecule has 2 heterocycles. The topological polar surface area (TPSA) is 125 Å². The first-order chi connectivity index (χ1) is 19.0. The minimum absolute atomic E-state index is 0.0265. The molecular formula is C31H27N3O5. The molecule has 8 heteroatoms. The summed E-state index contributed by atoms with van der Waals surface area (Å²) >= 11 is 0. The second kappa shape index (κ2) is 11.5. The van der Waals surface area contributed by atoms with Crippen LogP contribution in [0.25, 0.3) is 33.3 Å². The number of para-hydroxylation sites is 2. The van der Waals surface area contributed by atoms with Gasteiger partial charge in [0.1, 0.15) is 17.5 Å². The van der Waals surface area contributed by atoms with E-state index in [4.69, 9.17) is 4.74 Å². The highest BCUT2D eigenvalue weighted by Crippen LogP contribution is 2.38. The van der Waals surface area contributed by atoms with E-state index in [-0.39, 0.29) is 25.2 Å². The van der Waals surface area contributed by atoms with Crippen LogP contribution in [0, 0.1) is 0 Å². The van der Waals surface area contributed by atoms with Crippen molar-refractivity contribution < 1.29 is 24.5 Å². The largest absolute Gasteiger partial charge is 0.507 e. The van der Waals surface area contributed by atoms with Crippen LogP contribution in [0.5, 0.6) is 11.5 Å². The number of aromatic amines is 1. The Kier molecular flexibility index (Phi) is 7.54. The molecule has 5 rings (SSSR count). The number of carboxylic acid groups (broad SMARTS) is 1. The monoisotopic (exact) mass is 521 g/mol. The predicted molar refractivity (Wildman–Crippen MR) is 148 cm³/mol. The Bertz CT molecular complexity index is 1560. The summed E-state index contributed by atoms with van der Waals surface area (Å²) in [6.45, 7) is 0.161. The number of hydrogen-bond acceptors (Lipinski definition) is 5. The van der Waals surface area contributed by atoms with Gasteiger partial charge < -0.3 is 25.3 Å². The van der Waals surface area contributed by atoms with Gasteiger partial charge in [-0.2, -0.15) is 0 Å². The Morgan fingerprint density at radius 3 is 2.46 bits per heavy atom. The van der Waals surface area contributed by atoms with Crippen LogP contribution >= 0.6 is 0 Å². The zero-order valence-electron chi connectivity index (χ0n) is 21.0. The summed E-state index contributed by atoms with van der Waals surface area (Å²) in [4.78, 5) is 31.6. The Balaban J connectivity index is 1.23. The van der Waals surface area contributed by atoms with Gasteiger partial charge in [0.2, 0.25) is 5.91 Å². The van der Waals surface area contributed by atoms with Crippen molar-refractivity contribution in [2.45, 2.75) is 18.9 Å². The van der Waals surface area contributed by atoms with E-state index in [1.54, 1.807) is 36.7 Å². The standard InChI is InChI=1S/C31H27N3O5/c35-29(34-26(31(37)38)14-16-39-23-5-2-1-3-6-23)17-20-9-11-21(12-10-20)24-7-4-8-25(30(24)36)27-18-22-13-15-32-19-28(22)33-27/h1-13,15,18-19,26,33,36H,14,16-17H2,(H,34,35)(H,37,38). The first-order valence-electron chi connectivity index (χ1n) is 12.5. The summed E-state index contributed by atoms with van der Waals surface area (Å²) in [7, 11) is 0. The van der Waals surface area contributed by atoms with Crippen molar-refractivity contribution in [3.05, 3.63) is 103 Å². The minimum Gasteiger partial charge on any atom is -0.507 e. The second-order valence-electron chi connectivity index (χ2n) is 9.13. The third-order valence-electron chi connectivity index (χ3n) is 6.43. The summed E-state index contributed by atoms with van der Waals surface area (Å²) in [5, 5.41) is 24.2. The van der Waals surface area contributed by atoms with Crippen LogP contribution in [0.4, 0.5) is 0 Å². The number of H-pyrrole nitrogens is 1. The zero-order valence-corrected chi connectivity index (χ0v) is 21.0. The third kappa shape index (κ3) is 6.07. The number of aliphatic carboxylic acids is 1. The van der Waals surface area contributed by atoms with Gasteiger partial charge in [0.25, 0.3) is 0 Å². The number of benzene rings is 3. The Morgan fingerprint density at radius 2 is 1.72 bits per heavy atom. The fourth-order valence-corrected chi connectivity index (χ4v) is 4.41. The highest BCUT2D eigenvalue weighted by molar-refractivity contribution is 5.89. The van der Waals surface area contributed by atoms with Gasteiger partial charge in [-0.05, 0) is 41.5 Å². The van der Waals surface area contributed by atoms with Gasteiger partial charge in [-0.3, -0.25) is 9.78 Å². The second-order valence-corrected chi connectivity index (χ2v) is 9.13. The third-order valence-corrected chi connectivity index (χ3v) is 6.43. The molecule has 0 saturated carbocycles. The Labute approximate surface area is 224 Å². The molecule has 0 aliphatic heterocycles. The van der Waals surface area contributed by atoms with E-state index in [1.165, 1.54) is 0 Å². The smallest absolute Gasteiger partial charge is 0.326 e. The molecule has 0 aliphatic carbocycles. The van der Waals surface area contributed by atoms with Crippen LogP contribution in [-0.2, 0) is 16.0 Å². The van der Waals surface area contributed by atoms with Gasteiger partial charge in [0.05, 0.1) is 30.4 Å². The number of aromatic nitrogens is 2. The molecule has 4 N–H and O–H groups in total. The number of nitrogens with zero attached hydrogens (tertiary/aromatic N) is 1. The average molecular weight is 522 g/mol. The number of nitrogens with one attached hydrogen (secondary N) is 2. The van der Waals surface area contributed by atoms with E-state index in [2.05, 4.69) is 15.3 Å². The lowest BCUT2D eigenvalue weighted by atomic mass is 9.98. The molecule has 196 valence electrons. The van der Waals surface area contributed by atoms with Gasteiger partial charge >= 0.3 is 5.97 Å². The first kappa shape index (κ1) is 25.5. The molecule has 8 nitrogen and oxygen atoms in total. The average Bonchev–Trinajstić information content (AvgIpc) is 3.38. The molecule has 0 bridgehead atoms. The molecular weight excluding hydrogens is 494 g/mol. The Morgan fingerprint density at radius 1 is 0.949 bits per heavy atom. The molecule has 0 radical (unpaired) electrons. The van der Waals surface area contributed by atoms with Crippen molar-refractivity contribution in [1.82, 2.24) is 15.3 Å². The van der Waals surface area contributed by atoms with Crippen molar-refractivity contribution in [3.63, 3.8) is 0 Å². The molecule has 0 spiro atoms.